The molecule has 6 heteroatoms. The quantitative estimate of drug-likeness (QED) is 0.831. The SMILES string of the molecule is COCc1ccc(C(=O)N2CCCN(C(=O)c3ccccc3F)CC2)cc1. The van der Waals surface area contributed by atoms with E-state index in [4.69, 9.17) is 4.74 Å². The summed E-state index contributed by atoms with van der Waals surface area (Å²) in [5, 5.41) is 0. The van der Waals surface area contributed by atoms with Crippen LogP contribution in [-0.2, 0) is 11.3 Å². The molecule has 0 N–H and O–H groups in total. The van der Waals surface area contributed by atoms with Crippen molar-refractivity contribution in [1.29, 1.82) is 0 Å². The van der Waals surface area contributed by atoms with Crippen LogP contribution in [0.2, 0.25) is 0 Å². The summed E-state index contributed by atoms with van der Waals surface area (Å²) in [4.78, 5) is 28.7. The van der Waals surface area contributed by atoms with Gasteiger partial charge in [-0.05, 0) is 36.2 Å². The lowest BCUT2D eigenvalue weighted by atomic mass is 10.1. The average Bonchev–Trinajstić information content (AvgIpc) is 2.94. The monoisotopic (exact) mass is 370 g/mol. The highest BCUT2D eigenvalue weighted by molar-refractivity contribution is 5.95. The molecule has 0 saturated carbocycles. The van der Waals surface area contributed by atoms with Gasteiger partial charge in [-0.3, -0.25) is 9.59 Å². The molecule has 3 rings (SSSR count). The number of nitrogens with zero attached hydrogens (tertiary/aromatic N) is 2. The first-order valence-corrected chi connectivity index (χ1v) is 9.01. The standard InChI is InChI=1S/C21H23FN2O3/c1-27-15-16-7-9-17(10-8-16)20(25)23-11-4-12-24(14-13-23)21(26)18-5-2-3-6-19(18)22/h2-3,5-10H,4,11-15H2,1H3. The van der Waals surface area contributed by atoms with Gasteiger partial charge in [0.05, 0.1) is 12.2 Å². The number of carbonyl (C=O) groups excluding carboxylic acids is 2. The van der Waals surface area contributed by atoms with Gasteiger partial charge in [-0.15, -0.1) is 0 Å². The van der Waals surface area contributed by atoms with Crippen molar-refractivity contribution in [3.63, 3.8) is 0 Å². The second kappa shape index (κ2) is 8.77. The molecule has 0 aromatic heterocycles. The molecule has 142 valence electrons. The zero-order chi connectivity index (χ0) is 19.2. The van der Waals surface area contributed by atoms with Crippen molar-refractivity contribution in [2.24, 2.45) is 0 Å². The molecule has 0 unspecified atom stereocenters. The number of rotatable bonds is 4. The van der Waals surface area contributed by atoms with Gasteiger partial charge in [0.25, 0.3) is 11.8 Å². The Bertz CT molecular complexity index is 807. The zero-order valence-corrected chi connectivity index (χ0v) is 15.4. The van der Waals surface area contributed by atoms with Crippen LogP contribution in [0.1, 0.15) is 32.7 Å². The number of hydrogen-bond donors (Lipinski definition) is 0. The molecular formula is C21H23FN2O3. The fourth-order valence-corrected chi connectivity index (χ4v) is 3.22. The maximum atomic E-state index is 13.9. The van der Waals surface area contributed by atoms with Gasteiger partial charge in [0.15, 0.2) is 0 Å². The van der Waals surface area contributed by atoms with Gasteiger partial charge in [0, 0.05) is 38.9 Å². The van der Waals surface area contributed by atoms with E-state index in [9.17, 15) is 14.0 Å². The molecule has 2 amide bonds. The Balaban J connectivity index is 1.65. The predicted octanol–water partition coefficient (Wildman–Crippen LogP) is 2.96. The van der Waals surface area contributed by atoms with Crippen LogP contribution in [0.4, 0.5) is 4.39 Å². The first kappa shape index (κ1) is 19.0. The first-order chi connectivity index (χ1) is 13.1. The van der Waals surface area contributed by atoms with E-state index in [1.807, 2.05) is 12.1 Å². The number of methoxy groups -OCH3 is 1. The van der Waals surface area contributed by atoms with Crippen LogP contribution in [0.25, 0.3) is 0 Å². The number of benzene rings is 2. The summed E-state index contributed by atoms with van der Waals surface area (Å²) in [6.07, 6.45) is 0.660. The largest absolute Gasteiger partial charge is 0.380 e. The highest BCUT2D eigenvalue weighted by Crippen LogP contribution is 2.15. The van der Waals surface area contributed by atoms with Crippen LogP contribution in [0.5, 0.6) is 0 Å². The van der Waals surface area contributed by atoms with Crippen molar-refractivity contribution in [3.05, 3.63) is 71.0 Å². The molecule has 0 spiro atoms. The Morgan fingerprint density at radius 1 is 0.926 bits per heavy atom. The third kappa shape index (κ3) is 4.52. The Labute approximate surface area is 158 Å². The van der Waals surface area contributed by atoms with Gasteiger partial charge in [-0.1, -0.05) is 24.3 Å². The first-order valence-electron chi connectivity index (χ1n) is 9.01. The fraction of sp³-hybridized carbons (Fsp3) is 0.333. The fourth-order valence-electron chi connectivity index (χ4n) is 3.22. The van der Waals surface area contributed by atoms with E-state index in [0.717, 1.165) is 5.56 Å². The molecule has 1 aliphatic heterocycles. The molecule has 1 saturated heterocycles. The summed E-state index contributed by atoms with van der Waals surface area (Å²) >= 11 is 0. The number of ether oxygens (including phenoxy) is 1. The lowest BCUT2D eigenvalue weighted by molar-refractivity contribution is 0.0716. The van der Waals surface area contributed by atoms with Crippen molar-refractivity contribution in [2.75, 3.05) is 33.3 Å². The van der Waals surface area contributed by atoms with Crippen LogP contribution < -0.4 is 0 Å². The molecule has 2 aromatic carbocycles. The van der Waals surface area contributed by atoms with E-state index in [-0.39, 0.29) is 17.4 Å². The average molecular weight is 370 g/mol. The minimum atomic E-state index is -0.518. The molecule has 0 radical (unpaired) electrons. The lowest BCUT2D eigenvalue weighted by Crippen LogP contribution is -2.37. The van der Waals surface area contributed by atoms with Gasteiger partial charge in [-0.25, -0.2) is 4.39 Å². The second-order valence-corrected chi connectivity index (χ2v) is 6.55. The predicted molar refractivity (Wildman–Crippen MR) is 100.0 cm³/mol. The number of halogens is 1. The Kier molecular flexibility index (Phi) is 6.19. The second-order valence-electron chi connectivity index (χ2n) is 6.55. The van der Waals surface area contributed by atoms with Gasteiger partial charge >= 0.3 is 0 Å². The molecule has 1 aliphatic rings. The summed E-state index contributed by atoms with van der Waals surface area (Å²) in [5.41, 5.74) is 1.70. The molecule has 1 fully saturated rings. The topological polar surface area (TPSA) is 49.9 Å². The highest BCUT2D eigenvalue weighted by atomic mass is 19.1. The van der Waals surface area contributed by atoms with Crippen LogP contribution >= 0.6 is 0 Å². The van der Waals surface area contributed by atoms with Crippen molar-refractivity contribution in [3.8, 4) is 0 Å². The third-order valence-corrected chi connectivity index (χ3v) is 4.69. The molecule has 0 atom stereocenters. The van der Waals surface area contributed by atoms with Crippen LogP contribution in [0.15, 0.2) is 48.5 Å². The van der Waals surface area contributed by atoms with E-state index < -0.39 is 5.82 Å². The molecule has 2 aromatic rings. The molecule has 0 bridgehead atoms. The molecule has 5 nitrogen and oxygen atoms in total. The summed E-state index contributed by atoms with van der Waals surface area (Å²) in [6.45, 7) is 2.40. The highest BCUT2D eigenvalue weighted by Gasteiger charge is 2.24. The van der Waals surface area contributed by atoms with E-state index >= 15 is 0 Å². The van der Waals surface area contributed by atoms with Crippen molar-refractivity contribution >= 4 is 11.8 Å². The normalized spacial score (nSPS) is 14.7. The summed E-state index contributed by atoms with van der Waals surface area (Å²) in [5.74, 6) is -0.902. The molecular weight excluding hydrogens is 347 g/mol. The van der Waals surface area contributed by atoms with E-state index in [0.29, 0.717) is 44.8 Å². The molecule has 27 heavy (non-hydrogen) atoms. The van der Waals surface area contributed by atoms with E-state index in [1.54, 1.807) is 41.2 Å². The number of amides is 2. The Hall–Kier alpha value is -2.73. The minimum absolute atomic E-state index is 0.0563. The van der Waals surface area contributed by atoms with Crippen LogP contribution in [0, 0.1) is 5.82 Å². The van der Waals surface area contributed by atoms with E-state index in [2.05, 4.69) is 0 Å². The lowest BCUT2D eigenvalue weighted by Gasteiger charge is -2.22. The van der Waals surface area contributed by atoms with Gasteiger partial charge < -0.3 is 14.5 Å². The summed E-state index contributed by atoms with van der Waals surface area (Å²) in [6, 6.07) is 13.3. The Morgan fingerprint density at radius 2 is 1.56 bits per heavy atom. The zero-order valence-electron chi connectivity index (χ0n) is 15.4. The van der Waals surface area contributed by atoms with Gasteiger partial charge in [0.1, 0.15) is 5.82 Å². The minimum Gasteiger partial charge on any atom is -0.380 e. The summed E-state index contributed by atoms with van der Waals surface area (Å²) in [7, 11) is 1.63. The van der Waals surface area contributed by atoms with Crippen LogP contribution in [-0.4, -0.2) is 54.9 Å². The smallest absolute Gasteiger partial charge is 0.256 e. The summed E-state index contributed by atoms with van der Waals surface area (Å²) < 4.78 is 19.0. The van der Waals surface area contributed by atoms with Crippen molar-refractivity contribution in [1.82, 2.24) is 9.80 Å². The number of hydrogen-bond acceptors (Lipinski definition) is 3. The Morgan fingerprint density at radius 3 is 2.19 bits per heavy atom. The van der Waals surface area contributed by atoms with Crippen molar-refractivity contribution in [2.45, 2.75) is 13.0 Å². The van der Waals surface area contributed by atoms with Crippen molar-refractivity contribution < 1.29 is 18.7 Å². The maximum absolute atomic E-state index is 13.9. The third-order valence-electron chi connectivity index (χ3n) is 4.69. The maximum Gasteiger partial charge on any atom is 0.256 e. The molecule has 1 heterocycles. The molecule has 0 aliphatic carbocycles. The van der Waals surface area contributed by atoms with E-state index in [1.165, 1.54) is 12.1 Å². The van der Waals surface area contributed by atoms with Gasteiger partial charge in [-0.2, -0.15) is 0 Å². The van der Waals surface area contributed by atoms with Gasteiger partial charge in [0.2, 0.25) is 0 Å². The van der Waals surface area contributed by atoms with Crippen LogP contribution in [0.3, 0.4) is 0 Å². The number of carbonyl (C=O) groups is 2.